The Bertz CT molecular complexity index is 363. The van der Waals surface area contributed by atoms with Gasteiger partial charge in [-0.05, 0) is 57.1 Å². The van der Waals surface area contributed by atoms with E-state index in [2.05, 4.69) is 43.2 Å². The lowest BCUT2D eigenvalue weighted by atomic mass is 10.1. The van der Waals surface area contributed by atoms with Gasteiger partial charge in [0.05, 0.1) is 12.8 Å². The maximum atomic E-state index is 5.45. The second-order valence-electron chi connectivity index (χ2n) is 4.49. The predicted molar refractivity (Wildman–Crippen MR) is 74.3 cm³/mol. The first-order chi connectivity index (χ1) is 8.10. The summed E-state index contributed by atoms with van der Waals surface area (Å²) >= 11 is 0. The van der Waals surface area contributed by atoms with Crippen LogP contribution in [0.25, 0.3) is 0 Å². The average molecular weight is 236 g/mol. The largest absolute Gasteiger partial charge is 0.495 e. The van der Waals surface area contributed by atoms with Crippen LogP contribution in [0.15, 0.2) is 12.1 Å². The summed E-state index contributed by atoms with van der Waals surface area (Å²) in [6, 6.07) is 4.31. The number of benzene rings is 1. The molecule has 0 fully saturated rings. The summed E-state index contributed by atoms with van der Waals surface area (Å²) in [5, 5.41) is 3.17. The number of aryl methyl sites for hydroxylation is 2. The number of hydrogen-bond acceptors (Lipinski definition) is 3. The fourth-order valence-corrected chi connectivity index (χ4v) is 1.85. The van der Waals surface area contributed by atoms with Crippen molar-refractivity contribution in [2.45, 2.75) is 20.3 Å². The van der Waals surface area contributed by atoms with Gasteiger partial charge in [-0.15, -0.1) is 0 Å². The lowest BCUT2D eigenvalue weighted by Crippen LogP contribution is -2.22. The zero-order chi connectivity index (χ0) is 12.8. The highest BCUT2D eigenvalue weighted by Crippen LogP contribution is 2.30. The van der Waals surface area contributed by atoms with Gasteiger partial charge in [0.2, 0.25) is 0 Å². The first-order valence-electron chi connectivity index (χ1n) is 6.11. The topological polar surface area (TPSA) is 24.5 Å². The van der Waals surface area contributed by atoms with Crippen molar-refractivity contribution in [3.05, 3.63) is 23.3 Å². The molecule has 0 aliphatic rings. The molecule has 0 heterocycles. The Hall–Kier alpha value is -1.22. The Kier molecular flexibility index (Phi) is 5.29. The van der Waals surface area contributed by atoms with E-state index in [1.54, 1.807) is 7.11 Å². The Morgan fingerprint density at radius 2 is 1.88 bits per heavy atom. The smallest absolute Gasteiger partial charge is 0.142 e. The first kappa shape index (κ1) is 13.8. The van der Waals surface area contributed by atoms with Gasteiger partial charge in [-0.3, -0.25) is 0 Å². The van der Waals surface area contributed by atoms with E-state index in [0.717, 1.165) is 25.3 Å². The van der Waals surface area contributed by atoms with Gasteiger partial charge in [0, 0.05) is 13.6 Å². The van der Waals surface area contributed by atoms with E-state index < -0.39 is 0 Å². The molecule has 0 saturated heterocycles. The van der Waals surface area contributed by atoms with Crippen molar-refractivity contribution >= 4 is 5.69 Å². The monoisotopic (exact) mass is 236 g/mol. The van der Waals surface area contributed by atoms with Crippen molar-refractivity contribution in [3.63, 3.8) is 0 Å². The lowest BCUT2D eigenvalue weighted by molar-refractivity contribution is 0.414. The molecule has 0 aliphatic carbocycles. The Morgan fingerprint density at radius 3 is 2.47 bits per heavy atom. The molecule has 0 aromatic heterocycles. The number of ether oxygens (including phenoxy) is 1. The van der Waals surface area contributed by atoms with E-state index in [1.807, 2.05) is 7.05 Å². The van der Waals surface area contributed by atoms with Gasteiger partial charge in [-0.25, -0.2) is 0 Å². The third-order valence-electron chi connectivity index (χ3n) is 3.13. The number of methoxy groups -OCH3 is 1. The molecular formula is C14H24N2O. The van der Waals surface area contributed by atoms with Crippen molar-refractivity contribution < 1.29 is 4.74 Å². The van der Waals surface area contributed by atoms with Gasteiger partial charge >= 0.3 is 0 Å². The predicted octanol–water partition coefficient (Wildman–Crippen LogP) is 2.36. The molecule has 1 N–H and O–H groups in total. The van der Waals surface area contributed by atoms with E-state index in [4.69, 9.17) is 4.74 Å². The molecule has 1 aromatic rings. The summed E-state index contributed by atoms with van der Waals surface area (Å²) in [6.07, 6.45) is 1.13. The van der Waals surface area contributed by atoms with Crippen LogP contribution in [0.1, 0.15) is 17.5 Å². The van der Waals surface area contributed by atoms with Crippen molar-refractivity contribution in [1.82, 2.24) is 5.32 Å². The number of nitrogens with one attached hydrogen (secondary N) is 1. The molecule has 1 aromatic carbocycles. The van der Waals surface area contributed by atoms with Gasteiger partial charge in [0.1, 0.15) is 5.75 Å². The molecule has 3 heteroatoms. The van der Waals surface area contributed by atoms with Crippen molar-refractivity contribution in [2.24, 2.45) is 0 Å². The first-order valence-corrected chi connectivity index (χ1v) is 6.11. The van der Waals surface area contributed by atoms with Crippen molar-refractivity contribution in [1.29, 1.82) is 0 Å². The number of anilines is 1. The molecule has 3 nitrogen and oxygen atoms in total. The molecule has 0 spiro atoms. The second-order valence-corrected chi connectivity index (χ2v) is 4.49. The third kappa shape index (κ3) is 3.63. The van der Waals surface area contributed by atoms with Crippen molar-refractivity contribution in [3.8, 4) is 5.75 Å². The van der Waals surface area contributed by atoms with E-state index >= 15 is 0 Å². The molecule has 0 amide bonds. The zero-order valence-corrected chi connectivity index (χ0v) is 11.6. The summed E-state index contributed by atoms with van der Waals surface area (Å²) < 4.78 is 5.45. The molecule has 0 saturated carbocycles. The summed E-state index contributed by atoms with van der Waals surface area (Å²) in [5.41, 5.74) is 3.75. The van der Waals surface area contributed by atoms with Gasteiger partial charge in [0.15, 0.2) is 0 Å². The van der Waals surface area contributed by atoms with E-state index in [0.29, 0.717) is 0 Å². The van der Waals surface area contributed by atoms with Crippen LogP contribution < -0.4 is 15.0 Å². The van der Waals surface area contributed by atoms with E-state index in [9.17, 15) is 0 Å². The maximum Gasteiger partial charge on any atom is 0.142 e. The minimum atomic E-state index is 0.958. The fourth-order valence-electron chi connectivity index (χ4n) is 1.85. The lowest BCUT2D eigenvalue weighted by Gasteiger charge is -2.23. The van der Waals surface area contributed by atoms with Crippen LogP contribution in [-0.2, 0) is 0 Å². The normalized spacial score (nSPS) is 10.4. The minimum absolute atomic E-state index is 0.958. The molecule has 1 rings (SSSR count). The number of rotatable bonds is 6. The van der Waals surface area contributed by atoms with E-state index in [-0.39, 0.29) is 0 Å². The fraction of sp³-hybridized carbons (Fsp3) is 0.571. The van der Waals surface area contributed by atoms with Crippen LogP contribution in [0.4, 0.5) is 5.69 Å². The summed E-state index contributed by atoms with van der Waals surface area (Å²) in [7, 11) is 5.83. The second kappa shape index (κ2) is 6.50. The molecule has 0 bridgehead atoms. The van der Waals surface area contributed by atoms with Gasteiger partial charge < -0.3 is 15.0 Å². The van der Waals surface area contributed by atoms with Gasteiger partial charge in [-0.1, -0.05) is 0 Å². The van der Waals surface area contributed by atoms with Crippen LogP contribution in [0.5, 0.6) is 5.75 Å². The molecule has 0 radical (unpaired) electrons. The Balaban J connectivity index is 2.84. The van der Waals surface area contributed by atoms with Gasteiger partial charge in [-0.2, -0.15) is 0 Å². The molecule has 0 unspecified atom stereocenters. The Morgan fingerprint density at radius 1 is 1.24 bits per heavy atom. The highest BCUT2D eigenvalue weighted by atomic mass is 16.5. The summed E-state index contributed by atoms with van der Waals surface area (Å²) in [6.45, 7) is 6.32. The average Bonchev–Trinajstić information content (AvgIpc) is 2.32. The molecule has 0 aliphatic heterocycles. The van der Waals surface area contributed by atoms with Gasteiger partial charge in [0.25, 0.3) is 0 Å². The number of nitrogens with zero attached hydrogens (tertiary/aromatic N) is 1. The molecule has 0 atom stereocenters. The van der Waals surface area contributed by atoms with Crippen LogP contribution in [0.2, 0.25) is 0 Å². The highest BCUT2D eigenvalue weighted by molar-refractivity contribution is 5.61. The molecule has 17 heavy (non-hydrogen) atoms. The quantitative estimate of drug-likeness (QED) is 0.767. The molecule has 96 valence electrons. The third-order valence-corrected chi connectivity index (χ3v) is 3.13. The molecular weight excluding hydrogens is 212 g/mol. The summed E-state index contributed by atoms with van der Waals surface area (Å²) in [4.78, 5) is 2.25. The Labute approximate surface area is 105 Å². The highest BCUT2D eigenvalue weighted by Gasteiger charge is 2.09. The van der Waals surface area contributed by atoms with Crippen molar-refractivity contribution in [2.75, 3.05) is 39.2 Å². The standard InChI is InChI=1S/C14H24N2O/c1-11-9-13(14(17-5)10-12(11)2)16(4)8-6-7-15-3/h9-10,15H,6-8H2,1-5H3. The van der Waals surface area contributed by atoms with Crippen LogP contribution in [-0.4, -0.2) is 34.3 Å². The maximum absolute atomic E-state index is 5.45. The van der Waals surface area contributed by atoms with Crippen LogP contribution >= 0.6 is 0 Å². The minimum Gasteiger partial charge on any atom is -0.495 e. The SMILES string of the molecule is CNCCCN(C)c1cc(C)c(C)cc1OC. The van der Waals surface area contributed by atoms with Crippen LogP contribution in [0.3, 0.4) is 0 Å². The zero-order valence-electron chi connectivity index (χ0n) is 11.6. The van der Waals surface area contributed by atoms with Crippen LogP contribution in [0, 0.1) is 13.8 Å². The number of hydrogen-bond donors (Lipinski definition) is 1. The summed E-state index contributed by atoms with van der Waals surface area (Å²) in [5.74, 6) is 0.958. The van der Waals surface area contributed by atoms with E-state index in [1.165, 1.54) is 16.8 Å².